The molecule has 5 nitrogen and oxygen atoms in total. The Morgan fingerprint density at radius 3 is 2.42 bits per heavy atom. The fourth-order valence-corrected chi connectivity index (χ4v) is 2.67. The quantitative estimate of drug-likeness (QED) is 0.550. The zero-order valence-corrected chi connectivity index (χ0v) is 16.8. The lowest BCUT2D eigenvalue weighted by Crippen LogP contribution is -2.44. The molecule has 0 radical (unpaired) electrons. The molecule has 5 heteroatoms. The number of ether oxygens (including phenoxy) is 2. The van der Waals surface area contributed by atoms with Gasteiger partial charge in [-0.15, -0.1) is 0 Å². The Bertz CT molecular complexity index is 537. The first-order chi connectivity index (χ1) is 12.6. The van der Waals surface area contributed by atoms with E-state index in [1.807, 2.05) is 0 Å². The van der Waals surface area contributed by atoms with E-state index in [9.17, 15) is 0 Å². The molecule has 1 fully saturated rings. The summed E-state index contributed by atoms with van der Waals surface area (Å²) in [7, 11) is 0. The third-order valence-corrected chi connectivity index (χ3v) is 4.81. The van der Waals surface area contributed by atoms with Crippen LogP contribution in [0.15, 0.2) is 29.3 Å². The highest BCUT2D eigenvalue weighted by molar-refractivity contribution is 5.80. The van der Waals surface area contributed by atoms with E-state index in [-0.39, 0.29) is 0 Å². The number of benzene rings is 1. The monoisotopic (exact) mass is 361 g/mol. The van der Waals surface area contributed by atoms with E-state index in [4.69, 9.17) is 14.5 Å². The van der Waals surface area contributed by atoms with E-state index in [1.54, 1.807) is 0 Å². The van der Waals surface area contributed by atoms with Crippen molar-refractivity contribution in [2.45, 2.75) is 65.8 Å². The maximum Gasteiger partial charge on any atom is 0.191 e. The number of aliphatic imine (C=N–C) groups is 1. The molecule has 1 aromatic carbocycles. The summed E-state index contributed by atoms with van der Waals surface area (Å²) in [6.07, 6.45) is 2.34. The predicted octanol–water partition coefficient (Wildman–Crippen LogP) is 3.48. The van der Waals surface area contributed by atoms with Crippen molar-refractivity contribution in [2.75, 3.05) is 19.8 Å². The lowest BCUT2D eigenvalue weighted by atomic mass is 10.1. The second kappa shape index (κ2) is 11.2. The highest BCUT2D eigenvalue weighted by atomic mass is 16.5. The van der Waals surface area contributed by atoms with Crippen LogP contribution in [-0.4, -0.2) is 37.9 Å². The zero-order chi connectivity index (χ0) is 18.8. The molecule has 2 rings (SSSR count). The van der Waals surface area contributed by atoms with Gasteiger partial charge in [0.25, 0.3) is 0 Å². The molecular formula is C21H35N3O2. The van der Waals surface area contributed by atoms with Gasteiger partial charge in [-0.05, 0) is 43.7 Å². The molecule has 1 unspecified atom stereocenters. The summed E-state index contributed by atoms with van der Waals surface area (Å²) in [5, 5.41) is 6.78. The summed E-state index contributed by atoms with van der Waals surface area (Å²) in [6, 6.07) is 8.95. The molecule has 0 aliphatic carbocycles. The summed E-state index contributed by atoms with van der Waals surface area (Å²) in [4.78, 5) is 4.70. The third kappa shape index (κ3) is 7.34. The largest absolute Gasteiger partial charge is 0.381 e. The minimum Gasteiger partial charge on any atom is -0.381 e. The van der Waals surface area contributed by atoms with Crippen LogP contribution >= 0.6 is 0 Å². The molecule has 0 aromatic heterocycles. The Hall–Kier alpha value is -1.59. The minimum absolute atomic E-state index is 0.338. The second-order valence-electron chi connectivity index (χ2n) is 7.31. The number of hydrogen-bond acceptors (Lipinski definition) is 3. The first-order valence-corrected chi connectivity index (χ1v) is 9.90. The first kappa shape index (κ1) is 20.7. The van der Waals surface area contributed by atoms with Crippen LogP contribution < -0.4 is 10.6 Å². The maximum absolute atomic E-state index is 5.98. The summed E-state index contributed by atoms with van der Waals surface area (Å²) in [5.41, 5.74) is 2.41. The molecule has 1 aromatic rings. The van der Waals surface area contributed by atoms with Crippen molar-refractivity contribution < 1.29 is 9.47 Å². The summed E-state index contributed by atoms with van der Waals surface area (Å²) >= 11 is 0. The molecule has 1 heterocycles. The lowest BCUT2D eigenvalue weighted by molar-refractivity contribution is -0.0390. The number of nitrogens with zero attached hydrogens (tertiary/aromatic N) is 1. The number of guanidine groups is 1. The van der Waals surface area contributed by atoms with Crippen LogP contribution in [0.1, 0.15) is 51.7 Å². The molecule has 1 saturated heterocycles. The fourth-order valence-electron chi connectivity index (χ4n) is 2.67. The second-order valence-corrected chi connectivity index (χ2v) is 7.31. The molecule has 1 aliphatic rings. The van der Waals surface area contributed by atoms with Crippen LogP contribution in [-0.2, 0) is 22.6 Å². The molecule has 0 spiro atoms. The average molecular weight is 362 g/mol. The summed E-state index contributed by atoms with van der Waals surface area (Å²) < 4.78 is 11.3. The Morgan fingerprint density at radius 2 is 1.81 bits per heavy atom. The van der Waals surface area contributed by atoms with E-state index in [0.29, 0.717) is 31.2 Å². The molecule has 1 atom stereocenters. The maximum atomic E-state index is 5.98. The van der Waals surface area contributed by atoms with Crippen molar-refractivity contribution in [2.24, 2.45) is 10.9 Å². The van der Waals surface area contributed by atoms with Gasteiger partial charge in [0.05, 0.1) is 19.3 Å². The van der Waals surface area contributed by atoms with Crippen LogP contribution in [0.3, 0.4) is 0 Å². The van der Waals surface area contributed by atoms with Gasteiger partial charge in [0, 0.05) is 25.8 Å². The Balaban J connectivity index is 1.83. The van der Waals surface area contributed by atoms with Gasteiger partial charge in [0.2, 0.25) is 0 Å². The minimum atomic E-state index is 0.338. The van der Waals surface area contributed by atoms with E-state index >= 15 is 0 Å². The molecular weight excluding hydrogens is 326 g/mol. The Kier molecular flexibility index (Phi) is 8.92. The van der Waals surface area contributed by atoms with Crippen molar-refractivity contribution in [3.63, 3.8) is 0 Å². The topological polar surface area (TPSA) is 54.9 Å². The van der Waals surface area contributed by atoms with Crippen LogP contribution in [0.5, 0.6) is 0 Å². The van der Waals surface area contributed by atoms with Crippen molar-refractivity contribution in [3.05, 3.63) is 35.4 Å². The smallest absolute Gasteiger partial charge is 0.191 e. The Morgan fingerprint density at radius 1 is 1.15 bits per heavy atom. The lowest BCUT2D eigenvalue weighted by Gasteiger charge is -2.22. The van der Waals surface area contributed by atoms with E-state index in [1.165, 1.54) is 11.1 Å². The van der Waals surface area contributed by atoms with Crippen LogP contribution in [0, 0.1) is 5.92 Å². The van der Waals surface area contributed by atoms with E-state index in [0.717, 1.165) is 38.6 Å². The number of nitrogens with one attached hydrogen (secondary N) is 2. The SMILES string of the molecule is CCNC(=NCc1ccc(COC2CCOCC2)cc1)NC(C)C(C)C. The molecule has 2 N–H and O–H groups in total. The van der Waals surface area contributed by atoms with Crippen molar-refractivity contribution in [1.82, 2.24) is 10.6 Å². The van der Waals surface area contributed by atoms with Crippen LogP contribution in [0.4, 0.5) is 0 Å². The summed E-state index contributed by atoms with van der Waals surface area (Å²) in [5.74, 6) is 1.44. The van der Waals surface area contributed by atoms with Gasteiger partial charge < -0.3 is 20.1 Å². The summed E-state index contributed by atoms with van der Waals surface area (Å²) in [6.45, 7) is 12.5. The average Bonchev–Trinajstić information content (AvgIpc) is 2.66. The molecule has 0 amide bonds. The van der Waals surface area contributed by atoms with Gasteiger partial charge in [-0.25, -0.2) is 4.99 Å². The van der Waals surface area contributed by atoms with Gasteiger partial charge in [-0.2, -0.15) is 0 Å². The van der Waals surface area contributed by atoms with Gasteiger partial charge in [-0.1, -0.05) is 38.1 Å². The first-order valence-electron chi connectivity index (χ1n) is 9.90. The highest BCUT2D eigenvalue weighted by Crippen LogP contribution is 2.14. The Labute approximate surface area is 158 Å². The highest BCUT2D eigenvalue weighted by Gasteiger charge is 2.14. The molecule has 0 bridgehead atoms. The van der Waals surface area contributed by atoms with Gasteiger partial charge in [-0.3, -0.25) is 0 Å². The van der Waals surface area contributed by atoms with Crippen molar-refractivity contribution in [1.29, 1.82) is 0 Å². The fraction of sp³-hybridized carbons (Fsp3) is 0.667. The number of hydrogen-bond donors (Lipinski definition) is 2. The van der Waals surface area contributed by atoms with Gasteiger partial charge in [0.1, 0.15) is 0 Å². The van der Waals surface area contributed by atoms with Crippen LogP contribution in [0.25, 0.3) is 0 Å². The normalized spacial score (nSPS) is 17.3. The van der Waals surface area contributed by atoms with E-state index in [2.05, 4.69) is 62.6 Å². The van der Waals surface area contributed by atoms with E-state index < -0.39 is 0 Å². The van der Waals surface area contributed by atoms with Crippen molar-refractivity contribution in [3.8, 4) is 0 Å². The standard InChI is InChI=1S/C21H35N3O2/c1-5-22-21(24-17(4)16(2)3)23-14-18-6-8-19(9-7-18)15-26-20-10-12-25-13-11-20/h6-9,16-17,20H,5,10-15H2,1-4H3,(H2,22,23,24). The van der Waals surface area contributed by atoms with Crippen molar-refractivity contribution >= 4 is 5.96 Å². The van der Waals surface area contributed by atoms with Gasteiger partial charge >= 0.3 is 0 Å². The predicted molar refractivity (Wildman–Crippen MR) is 107 cm³/mol. The molecule has 0 saturated carbocycles. The number of rotatable bonds is 8. The third-order valence-electron chi connectivity index (χ3n) is 4.81. The van der Waals surface area contributed by atoms with Crippen LogP contribution in [0.2, 0.25) is 0 Å². The zero-order valence-electron chi connectivity index (χ0n) is 16.8. The van der Waals surface area contributed by atoms with Gasteiger partial charge in [0.15, 0.2) is 5.96 Å². The molecule has 146 valence electrons. The molecule has 1 aliphatic heterocycles. The molecule has 26 heavy (non-hydrogen) atoms.